The summed E-state index contributed by atoms with van der Waals surface area (Å²) in [5, 5.41) is 12.6. The number of nitrogens with one attached hydrogen (secondary N) is 1. The number of rotatable bonds is 3. The first-order valence-electron chi connectivity index (χ1n) is 5.88. The van der Waals surface area contributed by atoms with Crippen molar-refractivity contribution >= 4 is 5.91 Å². The fourth-order valence-corrected chi connectivity index (χ4v) is 2.16. The maximum atomic E-state index is 12.0. The monoisotopic (exact) mass is 235 g/mol. The molecule has 0 spiro atoms. The molecule has 17 heavy (non-hydrogen) atoms. The molecule has 1 fully saturated rings. The van der Waals surface area contributed by atoms with Gasteiger partial charge >= 0.3 is 0 Å². The fourth-order valence-electron chi connectivity index (χ4n) is 2.16. The maximum Gasteiger partial charge on any atom is 0.255 e. The van der Waals surface area contributed by atoms with Crippen molar-refractivity contribution in [3.8, 4) is 11.5 Å². The van der Waals surface area contributed by atoms with Crippen molar-refractivity contribution in [2.24, 2.45) is 0 Å². The molecule has 1 aliphatic carbocycles. The van der Waals surface area contributed by atoms with E-state index in [0.29, 0.717) is 5.75 Å². The summed E-state index contributed by atoms with van der Waals surface area (Å²) < 4.78 is 5.04. The minimum absolute atomic E-state index is 0.0127. The number of carbonyl (C=O) groups is 1. The van der Waals surface area contributed by atoms with Gasteiger partial charge in [-0.1, -0.05) is 12.8 Å². The van der Waals surface area contributed by atoms with E-state index in [1.165, 1.54) is 13.2 Å². The molecule has 1 amide bonds. The van der Waals surface area contributed by atoms with Gasteiger partial charge < -0.3 is 15.2 Å². The van der Waals surface area contributed by atoms with Gasteiger partial charge in [0.15, 0.2) is 0 Å². The first kappa shape index (κ1) is 11.8. The predicted octanol–water partition coefficient (Wildman–Crippen LogP) is 2.07. The van der Waals surface area contributed by atoms with Crippen molar-refractivity contribution in [3.63, 3.8) is 0 Å². The van der Waals surface area contributed by atoms with E-state index in [1.807, 2.05) is 0 Å². The van der Waals surface area contributed by atoms with E-state index in [2.05, 4.69) is 5.32 Å². The molecule has 2 rings (SSSR count). The van der Waals surface area contributed by atoms with Crippen molar-refractivity contribution < 1.29 is 14.6 Å². The van der Waals surface area contributed by atoms with Gasteiger partial charge in [-0.25, -0.2) is 0 Å². The van der Waals surface area contributed by atoms with E-state index in [0.717, 1.165) is 25.7 Å². The molecule has 0 radical (unpaired) electrons. The van der Waals surface area contributed by atoms with Crippen molar-refractivity contribution in [2.75, 3.05) is 7.11 Å². The van der Waals surface area contributed by atoms with Crippen LogP contribution in [0.25, 0.3) is 0 Å². The third-order valence-electron chi connectivity index (χ3n) is 3.14. The molecule has 4 heteroatoms. The lowest BCUT2D eigenvalue weighted by Gasteiger charge is -2.13. The molecule has 0 bridgehead atoms. The lowest BCUT2D eigenvalue weighted by molar-refractivity contribution is 0.0935. The highest BCUT2D eigenvalue weighted by molar-refractivity contribution is 5.97. The molecule has 1 aromatic rings. The summed E-state index contributed by atoms with van der Waals surface area (Å²) >= 11 is 0. The lowest BCUT2D eigenvalue weighted by Crippen LogP contribution is -2.32. The van der Waals surface area contributed by atoms with E-state index in [-0.39, 0.29) is 23.3 Å². The minimum atomic E-state index is -0.228. The van der Waals surface area contributed by atoms with Gasteiger partial charge in [0.25, 0.3) is 5.91 Å². The SMILES string of the molecule is COc1ccc(O)c(C(=O)NC2CCCC2)c1. The number of benzene rings is 1. The average Bonchev–Trinajstić information content (AvgIpc) is 2.82. The first-order valence-corrected chi connectivity index (χ1v) is 5.88. The van der Waals surface area contributed by atoms with Crippen LogP contribution in [0.2, 0.25) is 0 Å². The third-order valence-corrected chi connectivity index (χ3v) is 3.14. The molecular formula is C13H17NO3. The number of carbonyl (C=O) groups excluding carboxylic acids is 1. The molecule has 0 aliphatic heterocycles. The van der Waals surface area contributed by atoms with Gasteiger partial charge in [-0.05, 0) is 31.0 Å². The Morgan fingerprint density at radius 2 is 2.12 bits per heavy atom. The highest BCUT2D eigenvalue weighted by atomic mass is 16.5. The summed E-state index contributed by atoms with van der Waals surface area (Å²) in [5.41, 5.74) is 0.274. The molecule has 92 valence electrons. The molecule has 1 aromatic carbocycles. The molecule has 2 N–H and O–H groups in total. The number of amides is 1. The summed E-state index contributed by atoms with van der Waals surface area (Å²) in [6.07, 6.45) is 4.37. The second-order valence-corrected chi connectivity index (χ2v) is 4.34. The van der Waals surface area contributed by atoms with Gasteiger partial charge in [0.2, 0.25) is 0 Å². The summed E-state index contributed by atoms with van der Waals surface area (Å²) in [4.78, 5) is 12.0. The molecule has 0 aromatic heterocycles. The van der Waals surface area contributed by atoms with E-state index >= 15 is 0 Å². The minimum Gasteiger partial charge on any atom is -0.507 e. The largest absolute Gasteiger partial charge is 0.507 e. The van der Waals surface area contributed by atoms with Crippen LogP contribution in [0, 0.1) is 0 Å². The van der Waals surface area contributed by atoms with E-state index in [4.69, 9.17) is 4.74 Å². The van der Waals surface area contributed by atoms with Gasteiger partial charge in [0, 0.05) is 6.04 Å². The lowest BCUT2D eigenvalue weighted by atomic mass is 10.1. The Hall–Kier alpha value is -1.71. The van der Waals surface area contributed by atoms with Crippen LogP contribution in [0.5, 0.6) is 11.5 Å². The number of phenolic OH excluding ortho intramolecular Hbond substituents is 1. The Balaban J connectivity index is 2.11. The summed E-state index contributed by atoms with van der Waals surface area (Å²) in [5.74, 6) is 0.328. The van der Waals surface area contributed by atoms with Crippen LogP contribution in [0.1, 0.15) is 36.0 Å². The highest BCUT2D eigenvalue weighted by Gasteiger charge is 2.19. The number of aromatic hydroxyl groups is 1. The number of hydrogen-bond acceptors (Lipinski definition) is 3. The molecule has 0 atom stereocenters. The Kier molecular flexibility index (Phi) is 3.52. The second kappa shape index (κ2) is 5.08. The number of methoxy groups -OCH3 is 1. The molecule has 1 aliphatic rings. The summed E-state index contributed by atoms with van der Waals surface area (Å²) in [7, 11) is 1.53. The van der Waals surface area contributed by atoms with Crippen LogP contribution < -0.4 is 10.1 Å². The van der Waals surface area contributed by atoms with Crippen LogP contribution in [-0.2, 0) is 0 Å². The second-order valence-electron chi connectivity index (χ2n) is 4.34. The standard InChI is InChI=1S/C13H17NO3/c1-17-10-6-7-12(15)11(8-10)13(16)14-9-4-2-3-5-9/h6-9,15H,2-5H2,1H3,(H,14,16). The van der Waals surface area contributed by atoms with Gasteiger partial charge in [0.1, 0.15) is 11.5 Å². The van der Waals surface area contributed by atoms with Crippen LogP contribution in [0.4, 0.5) is 0 Å². The Bertz CT molecular complexity index is 411. The van der Waals surface area contributed by atoms with Crippen molar-refractivity contribution in [2.45, 2.75) is 31.7 Å². The normalized spacial score (nSPS) is 15.8. The van der Waals surface area contributed by atoms with Gasteiger partial charge in [0.05, 0.1) is 12.7 Å². The van der Waals surface area contributed by atoms with Crippen LogP contribution in [-0.4, -0.2) is 24.2 Å². The number of phenols is 1. The van der Waals surface area contributed by atoms with E-state index in [1.54, 1.807) is 12.1 Å². The topological polar surface area (TPSA) is 58.6 Å². The van der Waals surface area contributed by atoms with Crippen molar-refractivity contribution in [3.05, 3.63) is 23.8 Å². The van der Waals surface area contributed by atoms with Crippen molar-refractivity contribution in [1.29, 1.82) is 0 Å². The zero-order chi connectivity index (χ0) is 12.3. The van der Waals surface area contributed by atoms with Crippen LogP contribution in [0.3, 0.4) is 0 Å². The number of ether oxygens (including phenoxy) is 1. The summed E-state index contributed by atoms with van der Waals surface area (Å²) in [6.45, 7) is 0. The smallest absolute Gasteiger partial charge is 0.255 e. The average molecular weight is 235 g/mol. The molecule has 4 nitrogen and oxygen atoms in total. The summed E-state index contributed by atoms with van der Waals surface area (Å²) in [6, 6.07) is 4.90. The Morgan fingerprint density at radius 3 is 2.76 bits per heavy atom. The number of hydrogen-bond donors (Lipinski definition) is 2. The van der Waals surface area contributed by atoms with E-state index in [9.17, 15) is 9.90 Å². The first-order chi connectivity index (χ1) is 8.20. The van der Waals surface area contributed by atoms with Gasteiger partial charge in [-0.2, -0.15) is 0 Å². The highest BCUT2D eigenvalue weighted by Crippen LogP contribution is 2.24. The third kappa shape index (κ3) is 2.70. The van der Waals surface area contributed by atoms with Crippen molar-refractivity contribution in [1.82, 2.24) is 5.32 Å². The van der Waals surface area contributed by atoms with Crippen LogP contribution >= 0.6 is 0 Å². The molecule has 0 saturated heterocycles. The van der Waals surface area contributed by atoms with Gasteiger partial charge in [-0.15, -0.1) is 0 Å². The predicted molar refractivity (Wildman–Crippen MR) is 64.4 cm³/mol. The molecule has 1 saturated carbocycles. The maximum absolute atomic E-state index is 12.0. The molecule has 0 heterocycles. The Labute approximate surface area is 101 Å². The van der Waals surface area contributed by atoms with Crippen LogP contribution in [0.15, 0.2) is 18.2 Å². The fraction of sp³-hybridized carbons (Fsp3) is 0.462. The van der Waals surface area contributed by atoms with Gasteiger partial charge in [-0.3, -0.25) is 4.79 Å². The zero-order valence-corrected chi connectivity index (χ0v) is 9.90. The quantitative estimate of drug-likeness (QED) is 0.843. The zero-order valence-electron chi connectivity index (χ0n) is 9.90. The molecule has 0 unspecified atom stereocenters. The Morgan fingerprint density at radius 1 is 1.41 bits per heavy atom. The van der Waals surface area contributed by atoms with E-state index < -0.39 is 0 Å². The molecular weight excluding hydrogens is 218 g/mol.